The average Bonchev–Trinajstić information content (AvgIpc) is 2.57. The molecule has 0 aliphatic carbocycles. The molecule has 1 unspecified atom stereocenters. The standard InChI is InChI=1S/C17H13F2N3S/c1-22-17(11-5-7-13(18)14(19)9-11)12-6-4-10-3-2-8-20-15(10)16(12)21-23-22/h2-9,17,21H,1H3. The van der Waals surface area contributed by atoms with E-state index >= 15 is 0 Å². The monoisotopic (exact) mass is 329 g/mol. The Balaban J connectivity index is 1.92. The van der Waals surface area contributed by atoms with E-state index in [1.807, 2.05) is 35.6 Å². The van der Waals surface area contributed by atoms with Crippen LogP contribution in [0.15, 0.2) is 48.7 Å². The van der Waals surface area contributed by atoms with Crippen molar-refractivity contribution >= 4 is 28.7 Å². The van der Waals surface area contributed by atoms with E-state index in [-0.39, 0.29) is 6.04 Å². The second kappa shape index (κ2) is 5.47. The summed E-state index contributed by atoms with van der Waals surface area (Å²) < 4.78 is 32.2. The molecule has 1 aromatic heterocycles. The average molecular weight is 329 g/mol. The van der Waals surface area contributed by atoms with E-state index in [1.165, 1.54) is 24.3 Å². The maximum atomic E-state index is 13.7. The second-order valence-corrected chi connectivity index (χ2v) is 6.38. The molecule has 1 N–H and O–H groups in total. The number of rotatable bonds is 1. The maximum Gasteiger partial charge on any atom is 0.159 e. The first-order valence-corrected chi connectivity index (χ1v) is 7.91. The summed E-state index contributed by atoms with van der Waals surface area (Å²) in [7, 11) is 1.91. The lowest BCUT2D eigenvalue weighted by Gasteiger charge is -2.34. The summed E-state index contributed by atoms with van der Waals surface area (Å²) in [6.45, 7) is 0. The number of aromatic nitrogens is 1. The van der Waals surface area contributed by atoms with Gasteiger partial charge in [0.2, 0.25) is 0 Å². The number of hydrogen-bond acceptors (Lipinski definition) is 4. The minimum Gasteiger partial charge on any atom is -0.314 e. The summed E-state index contributed by atoms with van der Waals surface area (Å²) in [5.74, 6) is -1.67. The Morgan fingerprint density at radius 3 is 2.83 bits per heavy atom. The van der Waals surface area contributed by atoms with Crippen LogP contribution in [-0.2, 0) is 0 Å². The minimum absolute atomic E-state index is 0.183. The third-order valence-electron chi connectivity index (χ3n) is 4.02. The molecule has 0 saturated carbocycles. The number of benzene rings is 2. The highest BCUT2D eigenvalue weighted by Gasteiger charge is 2.29. The van der Waals surface area contributed by atoms with Crippen LogP contribution in [0.2, 0.25) is 0 Å². The lowest BCUT2D eigenvalue weighted by molar-refractivity contribution is 0.467. The van der Waals surface area contributed by atoms with Gasteiger partial charge in [-0.15, -0.1) is 0 Å². The molecule has 1 aliphatic heterocycles. The third kappa shape index (κ3) is 2.34. The Morgan fingerprint density at radius 1 is 1.13 bits per heavy atom. The van der Waals surface area contributed by atoms with Crippen LogP contribution in [0, 0.1) is 11.6 Å². The van der Waals surface area contributed by atoms with Crippen molar-refractivity contribution in [1.29, 1.82) is 0 Å². The summed E-state index contributed by atoms with van der Waals surface area (Å²) >= 11 is 1.42. The van der Waals surface area contributed by atoms with Gasteiger partial charge in [-0.2, -0.15) is 0 Å². The molecule has 116 valence electrons. The molecule has 2 heterocycles. The number of pyridine rings is 1. The SMILES string of the molecule is CN1SNc2c(ccc3cccnc23)C1c1ccc(F)c(F)c1. The zero-order valence-corrected chi connectivity index (χ0v) is 13.1. The predicted octanol–water partition coefficient (Wildman–Crippen LogP) is 4.52. The molecule has 0 fully saturated rings. The summed E-state index contributed by atoms with van der Waals surface area (Å²) in [4.78, 5) is 4.45. The molecule has 3 aromatic rings. The van der Waals surface area contributed by atoms with E-state index in [0.717, 1.165) is 22.2 Å². The van der Waals surface area contributed by atoms with Crippen molar-refractivity contribution in [3.8, 4) is 0 Å². The Bertz CT molecular complexity index is 900. The van der Waals surface area contributed by atoms with Gasteiger partial charge in [-0.1, -0.05) is 24.3 Å². The Hall–Kier alpha value is -2.18. The molecule has 1 aliphatic rings. The number of fused-ring (bicyclic) bond motifs is 3. The fourth-order valence-corrected chi connectivity index (χ4v) is 3.72. The number of nitrogens with one attached hydrogen (secondary N) is 1. The Kier molecular flexibility index (Phi) is 3.43. The van der Waals surface area contributed by atoms with Gasteiger partial charge in [-0.05, 0) is 23.8 Å². The van der Waals surface area contributed by atoms with Crippen molar-refractivity contribution < 1.29 is 8.78 Å². The molecular formula is C17H13F2N3S. The summed E-state index contributed by atoms with van der Waals surface area (Å²) in [5, 5.41) is 1.04. The van der Waals surface area contributed by atoms with Crippen LogP contribution in [0.4, 0.5) is 14.5 Å². The van der Waals surface area contributed by atoms with E-state index in [2.05, 4.69) is 9.71 Å². The van der Waals surface area contributed by atoms with Gasteiger partial charge in [0.25, 0.3) is 0 Å². The third-order valence-corrected chi connectivity index (χ3v) is 4.81. The van der Waals surface area contributed by atoms with Gasteiger partial charge in [0, 0.05) is 36.3 Å². The fourth-order valence-electron chi connectivity index (χ4n) is 2.93. The van der Waals surface area contributed by atoms with E-state index in [4.69, 9.17) is 0 Å². The Morgan fingerprint density at radius 2 is 2.00 bits per heavy atom. The molecule has 0 saturated heterocycles. The molecule has 2 aromatic carbocycles. The van der Waals surface area contributed by atoms with E-state index in [1.54, 1.807) is 12.3 Å². The zero-order valence-electron chi connectivity index (χ0n) is 12.3. The largest absolute Gasteiger partial charge is 0.314 e. The summed E-state index contributed by atoms with van der Waals surface area (Å²) in [5.41, 5.74) is 3.49. The molecule has 0 amide bonds. The number of nitrogens with zero attached hydrogens (tertiary/aromatic N) is 2. The number of halogens is 2. The molecule has 0 radical (unpaired) electrons. The molecule has 0 spiro atoms. The lowest BCUT2D eigenvalue weighted by Crippen LogP contribution is -2.26. The van der Waals surface area contributed by atoms with Crippen molar-refractivity contribution in [2.24, 2.45) is 0 Å². The van der Waals surface area contributed by atoms with Crippen LogP contribution in [0.5, 0.6) is 0 Å². The van der Waals surface area contributed by atoms with Crippen molar-refractivity contribution in [2.75, 3.05) is 11.8 Å². The van der Waals surface area contributed by atoms with Gasteiger partial charge >= 0.3 is 0 Å². The molecule has 4 rings (SSSR count). The number of anilines is 1. The molecular weight excluding hydrogens is 316 g/mol. The van der Waals surface area contributed by atoms with Gasteiger partial charge < -0.3 is 4.72 Å². The topological polar surface area (TPSA) is 28.2 Å². The minimum atomic E-state index is -0.835. The van der Waals surface area contributed by atoms with Gasteiger partial charge in [-0.25, -0.2) is 13.1 Å². The van der Waals surface area contributed by atoms with Crippen LogP contribution in [0.3, 0.4) is 0 Å². The first-order chi connectivity index (χ1) is 11.1. The summed E-state index contributed by atoms with van der Waals surface area (Å²) in [6.07, 6.45) is 1.75. The highest BCUT2D eigenvalue weighted by molar-refractivity contribution is 7.98. The maximum absolute atomic E-state index is 13.7. The normalized spacial score (nSPS) is 17.8. The second-order valence-electron chi connectivity index (χ2n) is 5.42. The van der Waals surface area contributed by atoms with E-state index in [0.29, 0.717) is 5.56 Å². The van der Waals surface area contributed by atoms with Crippen LogP contribution in [0.1, 0.15) is 17.2 Å². The van der Waals surface area contributed by atoms with E-state index in [9.17, 15) is 8.78 Å². The van der Waals surface area contributed by atoms with Crippen LogP contribution >= 0.6 is 12.1 Å². The first-order valence-electron chi connectivity index (χ1n) is 7.13. The Labute approximate surface area is 136 Å². The van der Waals surface area contributed by atoms with Crippen LogP contribution < -0.4 is 4.72 Å². The molecule has 6 heteroatoms. The first kappa shape index (κ1) is 14.4. The van der Waals surface area contributed by atoms with Gasteiger partial charge in [0.15, 0.2) is 11.6 Å². The predicted molar refractivity (Wildman–Crippen MR) is 88.9 cm³/mol. The quantitative estimate of drug-likeness (QED) is 0.664. The summed E-state index contributed by atoms with van der Waals surface area (Å²) in [6, 6.07) is 11.8. The van der Waals surface area contributed by atoms with Crippen LogP contribution in [0.25, 0.3) is 10.9 Å². The smallest absolute Gasteiger partial charge is 0.159 e. The van der Waals surface area contributed by atoms with Gasteiger partial charge in [0.1, 0.15) is 0 Å². The van der Waals surface area contributed by atoms with Crippen molar-refractivity contribution in [2.45, 2.75) is 6.04 Å². The highest BCUT2D eigenvalue weighted by Crippen LogP contribution is 2.44. The molecule has 23 heavy (non-hydrogen) atoms. The van der Waals surface area contributed by atoms with Crippen molar-refractivity contribution in [3.63, 3.8) is 0 Å². The molecule has 0 bridgehead atoms. The zero-order chi connectivity index (χ0) is 16.0. The molecule has 3 nitrogen and oxygen atoms in total. The van der Waals surface area contributed by atoms with Crippen molar-refractivity contribution in [3.05, 3.63) is 71.4 Å². The fraction of sp³-hybridized carbons (Fsp3) is 0.118. The van der Waals surface area contributed by atoms with E-state index < -0.39 is 11.6 Å². The van der Waals surface area contributed by atoms with Gasteiger partial charge in [0.05, 0.1) is 17.2 Å². The van der Waals surface area contributed by atoms with Crippen molar-refractivity contribution in [1.82, 2.24) is 9.29 Å². The van der Waals surface area contributed by atoms with Crippen LogP contribution in [-0.4, -0.2) is 16.3 Å². The van der Waals surface area contributed by atoms with Gasteiger partial charge in [-0.3, -0.25) is 4.98 Å². The molecule has 1 atom stereocenters. The number of hydrogen-bond donors (Lipinski definition) is 1. The highest BCUT2D eigenvalue weighted by atomic mass is 32.2. The lowest BCUT2D eigenvalue weighted by atomic mass is 9.95.